The van der Waals surface area contributed by atoms with Crippen molar-refractivity contribution in [1.82, 2.24) is 4.90 Å². The van der Waals surface area contributed by atoms with Gasteiger partial charge < -0.3 is 5.11 Å². The lowest BCUT2D eigenvalue weighted by Crippen LogP contribution is -2.45. The SMILES string of the molecule is O=C1CCC(N(CCO)CC(F)(F)F)CC1. The molecule has 3 nitrogen and oxygen atoms in total. The number of aliphatic hydroxyl groups is 1. The molecule has 0 spiro atoms. The normalized spacial score (nSPS) is 19.4. The lowest BCUT2D eigenvalue weighted by Gasteiger charge is -2.33. The number of rotatable bonds is 4. The number of carbonyl (C=O) groups is 1. The van der Waals surface area contributed by atoms with E-state index in [-0.39, 0.29) is 25.0 Å². The third kappa shape index (κ3) is 4.49. The van der Waals surface area contributed by atoms with E-state index in [9.17, 15) is 18.0 Å². The molecule has 0 unspecified atom stereocenters. The molecular formula is C10H16F3NO2. The molecular weight excluding hydrogens is 223 g/mol. The van der Waals surface area contributed by atoms with Gasteiger partial charge in [0.2, 0.25) is 0 Å². The fourth-order valence-electron chi connectivity index (χ4n) is 2.04. The molecule has 0 heterocycles. The summed E-state index contributed by atoms with van der Waals surface area (Å²) in [5, 5.41) is 8.74. The Labute approximate surface area is 92.2 Å². The van der Waals surface area contributed by atoms with Crippen LogP contribution in [0.5, 0.6) is 0 Å². The van der Waals surface area contributed by atoms with Crippen LogP contribution in [0.4, 0.5) is 13.2 Å². The van der Waals surface area contributed by atoms with E-state index >= 15 is 0 Å². The van der Waals surface area contributed by atoms with Crippen LogP contribution in [-0.4, -0.2) is 47.7 Å². The number of hydrogen-bond acceptors (Lipinski definition) is 3. The largest absolute Gasteiger partial charge is 0.401 e. The van der Waals surface area contributed by atoms with E-state index < -0.39 is 12.7 Å². The van der Waals surface area contributed by atoms with Crippen molar-refractivity contribution in [2.75, 3.05) is 19.7 Å². The molecule has 1 fully saturated rings. The second-order valence-corrected chi connectivity index (χ2v) is 4.08. The molecule has 0 radical (unpaired) electrons. The maximum absolute atomic E-state index is 12.3. The molecule has 0 amide bonds. The van der Waals surface area contributed by atoms with Crippen LogP contribution in [0, 0.1) is 0 Å². The highest BCUT2D eigenvalue weighted by molar-refractivity contribution is 5.79. The van der Waals surface area contributed by atoms with Gasteiger partial charge in [-0.1, -0.05) is 0 Å². The molecule has 1 rings (SSSR count). The van der Waals surface area contributed by atoms with Crippen LogP contribution < -0.4 is 0 Å². The lowest BCUT2D eigenvalue weighted by molar-refractivity contribution is -0.153. The average Bonchev–Trinajstić information content (AvgIpc) is 2.16. The van der Waals surface area contributed by atoms with Gasteiger partial charge in [0, 0.05) is 25.4 Å². The monoisotopic (exact) mass is 239 g/mol. The van der Waals surface area contributed by atoms with Gasteiger partial charge in [0.05, 0.1) is 13.2 Å². The predicted octanol–water partition coefficient (Wildman–Crippen LogP) is 1.35. The third-order valence-electron chi connectivity index (χ3n) is 2.80. The summed E-state index contributed by atoms with van der Waals surface area (Å²) in [7, 11) is 0. The molecule has 94 valence electrons. The van der Waals surface area contributed by atoms with Crippen molar-refractivity contribution in [1.29, 1.82) is 0 Å². The van der Waals surface area contributed by atoms with Crippen LogP contribution in [0.15, 0.2) is 0 Å². The van der Waals surface area contributed by atoms with Gasteiger partial charge in [0.25, 0.3) is 0 Å². The van der Waals surface area contributed by atoms with Crippen LogP contribution in [0.1, 0.15) is 25.7 Å². The number of hydrogen-bond donors (Lipinski definition) is 1. The first kappa shape index (κ1) is 13.4. The lowest BCUT2D eigenvalue weighted by atomic mass is 9.93. The Balaban J connectivity index is 2.52. The molecule has 16 heavy (non-hydrogen) atoms. The highest BCUT2D eigenvalue weighted by atomic mass is 19.4. The quantitative estimate of drug-likeness (QED) is 0.805. The zero-order valence-corrected chi connectivity index (χ0v) is 8.96. The average molecular weight is 239 g/mol. The van der Waals surface area contributed by atoms with E-state index in [1.165, 1.54) is 4.90 Å². The molecule has 1 N–H and O–H groups in total. The first-order valence-corrected chi connectivity index (χ1v) is 5.36. The Bertz CT molecular complexity index is 233. The number of alkyl halides is 3. The number of Topliss-reactive ketones (excluding diaryl/α,β-unsaturated/α-hetero) is 1. The minimum Gasteiger partial charge on any atom is -0.395 e. The van der Waals surface area contributed by atoms with Crippen molar-refractivity contribution in [2.45, 2.75) is 37.9 Å². The molecule has 0 aromatic heterocycles. The van der Waals surface area contributed by atoms with E-state index in [1.807, 2.05) is 0 Å². The van der Waals surface area contributed by atoms with Crippen molar-refractivity contribution < 1.29 is 23.1 Å². The molecule has 0 bridgehead atoms. The van der Waals surface area contributed by atoms with Gasteiger partial charge >= 0.3 is 6.18 Å². The molecule has 1 saturated carbocycles. The summed E-state index contributed by atoms with van der Waals surface area (Å²) in [5.41, 5.74) is 0. The van der Waals surface area contributed by atoms with Gasteiger partial charge in [-0.3, -0.25) is 9.69 Å². The third-order valence-corrected chi connectivity index (χ3v) is 2.80. The Kier molecular flexibility index (Phi) is 4.73. The smallest absolute Gasteiger partial charge is 0.395 e. The molecule has 0 saturated heterocycles. The van der Waals surface area contributed by atoms with Gasteiger partial charge in [-0.2, -0.15) is 13.2 Å². The number of aliphatic hydroxyl groups excluding tert-OH is 1. The second kappa shape index (κ2) is 5.63. The fraction of sp³-hybridized carbons (Fsp3) is 0.900. The van der Waals surface area contributed by atoms with Crippen molar-refractivity contribution in [3.05, 3.63) is 0 Å². The van der Waals surface area contributed by atoms with Crippen LogP contribution >= 0.6 is 0 Å². The summed E-state index contributed by atoms with van der Waals surface area (Å²) in [6, 6.07) is -0.230. The number of carbonyl (C=O) groups excluding carboxylic acids is 1. The Morgan fingerprint density at radius 1 is 1.31 bits per heavy atom. The number of halogens is 3. The standard InChI is InChI=1S/C10H16F3NO2/c11-10(12,13)7-14(5-6-15)8-1-3-9(16)4-2-8/h8,15H,1-7H2. The van der Waals surface area contributed by atoms with Crippen molar-refractivity contribution in [3.63, 3.8) is 0 Å². The minimum absolute atomic E-state index is 0.0123. The summed E-state index contributed by atoms with van der Waals surface area (Å²) in [6.45, 7) is -1.29. The minimum atomic E-state index is -4.25. The Hall–Kier alpha value is -0.620. The molecule has 0 atom stereocenters. The van der Waals surface area contributed by atoms with Crippen molar-refractivity contribution in [2.24, 2.45) is 0 Å². The number of ketones is 1. The molecule has 6 heteroatoms. The van der Waals surface area contributed by atoms with E-state index in [0.29, 0.717) is 25.7 Å². The van der Waals surface area contributed by atoms with Crippen LogP contribution in [0.25, 0.3) is 0 Å². The molecule has 0 aromatic rings. The van der Waals surface area contributed by atoms with E-state index in [4.69, 9.17) is 5.11 Å². The predicted molar refractivity (Wildman–Crippen MR) is 52.0 cm³/mol. The van der Waals surface area contributed by atoms with Gasteiger partial charge in [0.15, 0.2) is 0 Å². The Morgan fingerprint density at radius 2 is 1.88 bits per heavy atom. The highest BCUT2D eigenvalue weighted by Gasteiger charge is 2.34. The van der Waals surface area contributed by atoms with Crippen molar-refractivity contribution >= 4 is 5.78 Å². The van der Waals surface area contributed by atoms with E-state index in [2.05, 4.69) is 0 Å². The fourth-order valence-corrected chi connectivity index (χ4v) is 2.04. The zero-order valence-electron chi connectivity index (χ0n) is 8.96. The molecule has 0 aromatic carbocycles. The maximum Gasteiger partial charge on any atom is 0.401 e. The summed E-state index contributed by atoms with van der Waals surface area (Å²) >= 11 is 0. The second-order valence-electron chi connectivity index (χ2n) is 4.08. The summed E-state index contributed by atoms with van der Waals surface area (Å²) in [5.74, 6) is 0.118. The van der Waals surface area contributed by atoms with Crippen LogP contribution in [0.3, 0.4) is 0 Å². The van der Waals surface area contributed by atoms with Crippen molar-refractivity contribution in [3.8, 4) is 0 Å². The van der Waals surface area contributed by atoms with E-state index in [0.717, 1.165) is 0 Å². The maximum atomic E-state index is 12.3. The topological polar surface area (TPSA) is 40.5 Å². The number of nitrogens with zero attached hydrogens (tertiary/aromatic N) is 1. The van der Waals surface area contributed by atoms with Gasteiger partial charge in [-0.15, -0.1) is 0 Å². The van der Waals surface area contributed by atoms with Crippen LogP contribution in [-0.2, 0) is 4.79 Å². The zero-order chi connectivity index (χ0) is 12.2. The molecule has 1 aliphatic carbocycles. The Morgan fingerprint density at radius 3 is 2.31 bits per heavy atom. The molecule has 0 aliphatic heterocycles. The summed E-state index contributed by atoms with van der Waals surface area (Å²) in [6.07, 6.45) is -2.62. The summed E-state index contributed by atoms with van der Waals surface area (Å²) < 4.78 is 36.8. The summed E-state index contributed by atoms with van der Waals surface area (Å²) in [4.78, 5) is 12.2. The highest BCUT2D eigenvalue weighted by Crippen LogP contribution is 2.24. The van der Waals surface area contributed by atoms with Gasteiger partial charge in [-0.25, -0.2) is 0 Å². The first-order chi connectivity index (χ1) is 7.42. The molecule has 1 aliphatic rings. The van der Waals surface area contributed by atoms with E-state index in [1.54, 1.807) is 0 Å². The first-order valence-electron chi connectivity index (χ1n) is 5.36. The van der Waals surface area contributed by atoms with Crippen LogP contribution in [0.2, 0.25) is 0 Å². The van der Waals surface area contributed by atoms with Gasteiger partial charge in [-0.05, 0) is 12.8 Å². The van der Waals surface area contributed by atoms with Gasteiger partial charge in [0.1, 0.15) is 5.78 Å².